The number of fused-ring (bicyclic) bond motifs is 1. The van der Waals surface area contributed by atoms with E-state index in [4.69, 9.17) is 4.74 Å². The van der Waals surface area contributed by atoms with Crippen molar-refractivity contribution in [3.8, 4) is 0 Å². The van der Waals surface area contributed by atoms with Crippen LogP contribution in [0.4, 0.5) is 10.5 Å². The fraction of sp³-hybridized carbons (Fsp3) is 0.462. The Bertz CT molecular complexity index is 441. The maximum absolute atomic E-state index is 11.7. The van der Waals surface area contributed by atoms with Crippen LogP contribution in [0.1, 0.15) is 30.4 Å². The van der Waals surface area contributed by atoms with E-state index in [0.29, 0.717) is 19.3 Å². The molecule has 0 aromatic heterocycles. The van der Waals surface area contributed by atoms with E-state index in [1.165, 1.54) is 17.5 Å². The SMILES string of the molecule is O=C(Nc1ccc2c(c1)COC2)NC1CCC1. The number of anilines is 1. The lowest BCUT2D eigenvalue weighted by molar-refractivity contribution is 0.134. The first kappa shape index (κ1) is 10.6. The minimum absolute atomic E-state index is 0.103. The first-order valence-electron chi connectivity index (χ1n) is 6.08. The van der Waals surface area contributed by atoms with Crippen molar-refractivity contribution < 1.29 is 9.53 Å². The Morgan fingerprint density at radius 2 is 2.06 bits per heavy atom. The largest absolute Gasteiger partial charge is 0.372 e. The van der Waals surface area contributed by atoms with E-state index in [1.54, 1.807) is 0 Å². The molecule has 3 rings (SSSR count). The van der Waals surface area contributed by atoms with Gasteiger partial charge in [-0.2, -0.15) is 0 Å². The summed E-state index contributed by atoms with van der Waals surface area (Å²) in [6, 6.07) is 6.19. The van der Waals surface area contributed by atoms with E-state index < -0.39 is 0 Å². The van der Waals surface area contributed by atoms with Crippen LogP contribution < -0.4 is 10.6 Å². The van der Waals surface area contributed by atoms with Crippen LogP contribution in [0.5, 0.6) is 0 Å². The molecule has 4 heteroatoms. The molecule has 0 saturated heterocycles. The molecule has 90 valence electrons. The van der Waals surface area contributed by atoms with Crippen LogP contribution in [0.15, 0.2) is 18.2 Å². The van der Waals surface area contributed by atoms with E-state index in [2.05, 4.69) is 10.6 Å². The van der Waals surface area contributed by atoms with Crippen LogP contribution in [0, 0.1) is 0 Å². The number of urea groups is 1. The lowest BCUT2D eigenvalue weighted by atomic mass is 9.93. The van der Waals surface area contributed by atoms with Gasteiger partial charge < -0.3 is 15.4 Å². The number of hydrogen-bond acceptors (Lipinski definition) is 2. The molecule has 1 saturated carbocycles. The Hall–Kier alpha value is -1.55. The Kier molecular flexibility index (Phi) is 2.73. The second-order valence-corrected chi connectivity index (χ2v) is 4.70. The normalized spacial score (nSPS) is 18.4. The molecule has 4 nitrogen and oxygen atoms in total. The van der Waals surface area contributed by atoms with Crippen molar-refractivity contribution in [1.82, 2.24) is 5.32 Å². The highest BCUT2D eigenvalue weighted by atomic mass is 16.5. The maximum atomic E-state index is 11.7. The number of rotatable bonds is 2. The highest BCUT2D eigenvalue weighted by Gasteiger charge is 2.19. The van der Waals surface area contributed by atoms with E-state index >= 15 is 0 Å². The van der Waals surface area contributed by atoms with Gasteiger partial charge in [-0.3, -0.25) is 0 Å². The molecule has 17 heavy (non-hydrogen) atoms. The molecule has 1 aromatic carbocycles. The predicted molar refractivity (Wildman–Crippen MR) is 64.7 cm³/mol. The summed E-state index contributed by atoms with van der Waals surface area (Å²) in [5, 5.41) is 5.82. The van der Waals surface area contributed by atoms with Crippen LogP contribution >= 0.6 is 0 Å². The molecule has 1 aliphatic heterocycles. The second kappa shape index (κ2) is 4.37. The molecular weight excluding hydrogens is 216 g/mol. The molecule has 0 spiro atoms. The lowest BCUT2D eigenvalue weighted by Crippen LogP contribution is -2.41. The van der Waals surface area contributed by atoms with Crippen molar-refractivity contribution in [2.75, 3.05) is 5.32 Å². The third kappa shape index (κ3) is 2.26. The van der Waals surface area contributed by atoms with Crippen LogP contribution in [0.25, 0.3) is 0 Å². The van der Waals surface area contributed by atoms with E-state index in [9.17, 15) is 4.79 Å². The molecule has 1 aliphatic carbocycles. The molecule has 1 fully saturated rings. The number of amides is 2. The molecule has 2 aliphatic rings. The molecule has 0 atom stereocenters. The van der Waals surface area contributed by atoms with Crippen LogP contribution in [-0.2, 0) is 18.0 Å². The summed E-state index contributed by atoms with van der Waals surface area (Å²) in [7, 11) is 0. The molecule has 1 heterocycles. The van der Waals surface area contributed by atoms with Gasteiger partial charge in [0.05, 0.1) is 13.2 Å². The van der Waals surface area contributed by atoms with Crippen molar-refractivity contribution in [1.29, 1.82) is 0 Å². The number of benzene rings is 1. The zero-order valence-corrected chi connectivity index (χ0v) is 9.66. The van der Waals surface area contributed by atoms with Crippen molar-refractivity contribution in [3.05, 3.63) is 29.3 Å². The van der Waals surface area contributed by atoms with Gasteiger partial charge in [0.15, 0.2) is 0 Å². The first-order valence-corrected chi connectivity index (χ1v) is 6.08. The van der Waals surface area contributed by atoms with Crippen LogP contribution in [0.2, 0.25) is 0 Å². The second-order valence-electron chi connectivity index (χ2n) is 4.70. The van der Waals surface area contributed by atoms with E-state index in [1.807, 2.05) is 18.2 Å². The predicted octanol–water partition coefficient (Wildman–Crippen LogP) is 2.39. The zero-order chi connectivity index (χ0) is 11.7. The molecule has 0 radical (unpaired) electrons. The van der Waals surface area contributed by atoms with Crippen molar-refractivity contribution >= 4 is 11.7 Å². The smallest absolute Gasteiger partial charge is 0.319 e. The van der Waals surface area contributed by atoms with Crippen molar-refractivity contribution in [2.45, 2.75) is 38.5 Å². The number of nitrogens with one attached hydrogen (secondary N) is 2. The fourth-order valence-electron chi connectivity index (χ4n) is 2.15. The van der Waals surface area contributed by atoms with Crippen LogP contribution in [0.3, 0.4) is 0 Å². The number of ether oxygens (including phenoxy) is 1. The van der Waals surface area contributed by atoms with Gasteiger partial charge in [0.2, 0.25) is 0 Å². The number of carbonyl (C=O) groups excluding carboxylic acids is 1. The number of hydrogen-bond donors (Lipinski definition) is 2. The van der Waals surface area contributed by atoms with Gasteiger partial charge in [0.1, 0.15) is 0 Å². The fourth-order valence-corrected chi connectivity index (χ4v) is 2.15. The Morgan fingerprint density at radius 1 is 1.24 bits per heavy atom. The monoisotopic (exact) mass is 232 g/mol. The minimum atomic E-state index is -0.103. The van der Waals surface area contributed by atoms with E-state index in [0.717, 1.165) is 18.5 Å². The van der Waals surface area contributed by atoms with Crippen molar-refractivity contribution in [3.63, 3.8) is 0 Å². The summed E-state index contributed by atoms with van der Waals surface area (Å²) in [5.74, 6) is 0. The topological polar surface area (TPSA) is 50.4 Å². The third-order valence-corrected chi connectivity index (χ3v) is 3.42. The van der Waals surface area contributed by atoms with Gasteiger partial charge in [-0.1, -0.05) is 6.07 Å². The minimum Gasteiger partial charge on any atom is -0.372 e. The Labute approximate surface area is 100 Å². The lowest BCUT2D eigenvalue weighted by Gasteiger charge is -2.26. The average Bonchev–Trinajstić information content (AvgIpc) is 2.71. The van der Waals surface area contributed by atoms with Gasteiger partial charge in [0, 0.05) is 11.7 Å². The van der Waals surface area contributed by atoms with E-state index in [-0.39, 0.29) is 6.03 Å². The van der Waals surface area contributed by atoms with Gasteiger partial charge in [0.25, 0.3) is 0 Å². The average molecular weight is 232 g/mol. The highest BCUT2D eigenvalue weighted by Crippen LogP contribution is 2.23. The van der Waals surface area contributed by atoms with Gasteiger partial charge >= 0.3 is 6.03 Å². The first-order chi connectivity index (χ1) is 8.31. The van der Waals surface area contributed by atoms with Crippen molar-refractivity contribution in [2.24, 2.45) is 0 Å². The molecule has 2 amide bonds. The molecule has 0 bridgehead atoms. The Balaban J connectivity index is 1.62. The highest BCUT2D eigenvalue weighted by molar-refractivity contribution is 5.89. The van der Waals surface area contributed by atoms with Gasteiger partial charge in [-0.15, -0.1) is 0 Å². The Morgan fingerprint density at radius 3 is 2.82 bits per heavy atom. The third-order valence-electron chi connectivity index (χ3n) is 3.42. The summed E-state index contributed by atoms with van der Waals surface area (Å²) in [5.41, 5.74) is 3.23. The molecule has 2 N–H and O–H groups in total. The number of carbonyl (C=O) groups is 1. The quantitative estimate of drug-likeness (QED) is 0.822. The summed E-state index contributed by atoms with van der Waals surface area (Å²) < 4.78 is 5.34. The summed E-state index contributed by atoms with van der Waals surface area (Å²) in [6.07, 6.45) is 3.43. The summed E-state index contributed by atoms with van der Waals surface area (Å²) >= 11 is 0. The summed E-state index contributed by atoms with van der Waals surface area (Å²) in [6.45, 7) is 1.33. The molecule has 0 unspecified atom stereocenters. The zero-order valence-electron chi connectivity index (χ0n) is 9.66. The summed E-state index contributed by atoms with van der Waals surface area (Å²) in [4.78, 5) is 11.7. The van der Waals surface area contributed by atoms with Crippen LogP contribution in [-0.4, -0.2) is 12.1 Å². The molecule has 1 aromatic rings. The van der Waals surface area contributed by atoms with Gasteiger partial charge in [-0.25, -0.2) is 4.79 Å². The van der Waals surface area contributed by atoms with Gasteiger partial charge in [-0.05, 0) is 42.5 Å². The molecular formula is C13H16N2O2. The maximum Gasteiger partial charge on any atom is 0.319 e. The standard InChI is InChI=1S/C13H16N2O2/c16-13(14-11-2-1-3-11)15-12-5-4-9-7-17-8-10(9)6-12/h4-6,11H,1-3,7-8H2,(H2,14,15,16).